The van der Waals surface area contributed by atoms with E-state index in [9.17, 15) is 29.1 Å². The van der Waals surface area contributed by atoms with E-state index in [1.807, 2.05) is 59.1 Å². The highest BCUT2D eigenvalue weighted by Crippen LogP contribution is 2.31. The number of aromatic nitrogens is 2. The Bertz CT molecular complexity index is 1620. The third-order valence-corrected chi connectivity index (χ3v) is 11.7. The third kappa shape index (κ3) is 39.6. The number of rotatable bonds is 28. The van der Waals surface area contributed by atoms with Crippen molar-refractivity contribution in [2.24, 2.45) is 29.2 Å². The number of aldehydes is 1. The Morgan fingerprint density at radius 1 is 0.861 bits per heavy atom. The van der Waals surface area contributed by atoms with E-state index in [0.29, 0.717) is 44.0 Å². The van der Waals surface area contributed by atoms with Crippen molar-refractivity contribution < 1.29 is 48.1 Å². The molecule has 6 atom stereocenters. The number of amides is 5. The molecule has 0 spiro atoms. The van der Waals surface area contributed by atoms with Gasteiger partial charge in [-0.25, -0.2) is 9.97 Å². The molecule has 0 radical (unpaired) electrons. The fraction of sp³-hybridized carbons (Fsp3) is 0.679. The summed E-state index contributed by atoms with van der Waals surface area (Å²) in [4.78, 5) is 85.8. The van der Waals surface area contributed by atoms with Gasteiger partial charge in [-0.15, -0.1) is 11.8 Å². The van der Waals surface area contributed by atoms with Gasteiger partial charge in [-0.2, -0.15) is 0 Å². The number of likely N-dealkylation sites (N-methyl/N-ethyl adjacent to an activating group) is 1. The van der Waals surface area contributed by atoms with Gasteiger partial charge in [-0.05, 0) is 91.0 Å². The number of aryl methyl sites for hydroxylation is 1. The van der Waals surface area contributed by atoms with Crippen molar-refractivity contribution in [3.63, 3.8) is 0 Å². The summed E-state index contributed by atoms with van der Waals surface area (Å²) in [6.45, 7) is 21.6. The Morgan fingerprint density at radius 3 is 1.83 bits per heavy atom. The van der Waals surface area contributed by atoms with E-state index in [1.54, 1.807) is 32.4 Å². The molecule has 2 rings (SSSR count). The van der Waals surface area contributed by atoms with Crippen molar-refractivity contribution in [2.75, 3.05) is 54.7 Å². The summed E-state index contributed by atoms with van der Waals surface area (Å²) in [6, 6.07) is 10.5. The van der Waals surface area contributed by atoms with Crippen molar-refractivity contribution >= 4 is 55.1 Å². The molecule has 0 aliphatic heterocycles. The van der Waals surface area contributed by atoms with Crippen LogP contribution in [0.4, 0.5) is 0 Å². The predicted octanol–water partition coefficient (Wildman–Crippen LogP) is 7.59. The number of hydrogen-bond donors (Lipinski definition) is 5. The number of primary amides is 2. The van der Waals surface area contributed by atoms with Crippen molar-refractivity contribution in [3.8, 4) is 0 Å². The van der Waals surface area contributed by atoms with Crippen molar-refractivity contribution in [1.29, 1.82) is 0 Å². The number of nitrogens with two attached hydrogens (primary N) is 2. The topological polar surface area (TPSA) is 267 Å². The maximum absolute atomic E-state index is 12.2. The number of nitrogens with one attached hydrogen (secondary N) is 2. The zero-order valence-electron chi connectivity index (χ0n) is 47.0. The number of carbonyl (C=O) groups excluding carboxylic acids is 6. The molecule has 2 aromatic rings. The molecular formula is C53H98N8O10S. The lowest BCUT2D eigenvalue weighted by atomic mass is 9.80. The number of ether oxygens (including phenoxy) is 2. The first kappa shape index (κ1) is 75.9. The molecule has 19 heteroatoms. The number of unbranched alkanes of at least 4 members (excludes halogenated alkanes) is 2. The number of nitrogens with zero attached hydrogens (tertiary/aromatic N) is 4. The quantitative estimate of drug-likeness (QED) is 0.0312. The molecule has 0 aliphatic carbocycles. The van der Waals surface area contributed by atoms with Crippen LogP contribution in [0.2, 0.25) is 0 Å². The molecule has 72 heavy (non-hydrogen) atoms. The second-order valence-corrected chi connectivity index (χ2v) is 18.2. The number of methoxy groups -OCH3 is 2. The van der Waals surface area contributed by atoms with Crippen LogP contribution in [0.15, 0.2) is 47.8 Å². The molecule has 0 aliphatic rings. The second-order valence-electron chi connectivity index (χ2n) is 17.4. The SMILES string of the molecule is CC.CCC.CCC(C)C(C(CC(CCCNC=O)C(OC)C(C)CC(=O)O)OC)N(C)C.CSc1cnc(C(=O)NCCCCCC(=O)N(C)C(C)(C)CC=O)cn1.Cc1ccccc1.NC=O.NC=O. The summed E-state index contributed by atoms with van der Waals surface area (Å²) in [5.41, 5.74) is 9.50. The molecule has 1 aromatic heterocycles. The van der Waals surface area contributed by atoms with Crippen LogP contribution < -0.4 is 22.1 Å². The molecule has 6 unspecified atom stereocenters. The molecule has 7 N–H and O–H groups in total. The third-order valence-electron chi connectivity index (χ3n) is 11.0. The van der Waals surface area contributed by atoms with E-state index < -0.39 is 11.5 Å². The second kappa shape index (κ2) is 50.9. The number of carboxylic acid groups (broad SMARTS) is 1. The smallest absolute Gasteiger partial charge is 0.303 e. The monoisotopic (exact) mass is 1040 g/mol. The molecule has 0 bridgehead atoms. The number of carbonyl (C=O) groups is 7. The average Bonchev–Trinajstić information content (AvgIpc) is 3.34. The Kier molecular flexibility index (Phi) is 53.7. The van der Waals surface area contributed by atoms with Gasteiger partial charge in [-0.3, -0.25) is 28.8 Å². The van der Waals surface area contributed by atoms with Gasteiger partial charge in [0, 0.05) is 58.8 Å². The van der Waals surface area contributed by atoms with Gasteiger partial charge in [-0.1, -0.05) is 104 Å². The van der Waals surface area contributed by atoms with Crippen LogP contribution in [0.3, 0.4) is 0 Å². The number of aliphatic carboxylic acids is 1. The Hall–Kier alpha value is -4.98. The number of benzene rings is 1. The molecule has 5 amide bonds. The van der Waals surface area contributed by atoms with Crippen LogP contribution >= 0.6 is 11.8 Å². The first-order chi connectivity index (χ1) is 34.2. The van der Waals surface area contributed by atoms with Gasteiger partial charge in [0.25, 0.3) is 5.91 Å². The molecule has 416 valence electrons. The van der Waals surface area contributed by atoms with E-state index in [4.69, 9.17) is 19.1 Å². The average molecular weight is 1040 g/mol. The zero-order valence-corrected chi connectivity index (χ0v) is 47.8. The van der Waals surface area contributed by atoms with Crippen LogP contribution in [0, 0.1) is 24.7 Å². The normalized spacial score (nSPS) is 12.6. The first-order valence-electron chi connectivity index (χ1n) is 25.0. The molecule has 0 saturated heterocycles. The van der Waals surface area contributed by atoms with E-state index in [1.165, 1.54) is 29.9 Å². The summed E-state index contributed by atoms with van der Waals surface area (Å²) in [5, 5.41) is 15.5. The number of thioether (sulfide) groups is 1. The Balaban J connectivity index is -0.000000310. The predicted molar refractivity (Wildman–Crippen MR) is 292 cm³/mol. The van der Waals surface area contributed by atoms with Crippen LogP contribution in [-0.4, -0.2) is 147 Å². The summed E-state index contributed by atoms with van der Waals surface area (Å²) in [6.07, 6.45) is 14.8. The standard InChI is InChI=1S/C21H42N2O5.C18H28N4O3S.C7H8.C3H8.C2H6.2CH3NO/c1-8-15(2)20(23(4)5)18(27-6)13-17(10-9-11-22-14-24)21(28-7)16(3)12-19(25)26;1-18(2,9-11-23)22(3)16(24)8-6-5-7-10-19-17(25)14-12-21-15(26-4)13-20-14;1-7-5-3-2-4-6-7;1-3-2;1-2;2*2-1-3/h14-18,20-21H,8-13H2,1-7H3,(H,22,24)(H,25,26);11-13H,5-10H2,1-4H3,(H,19,25);2-6H,1H3;3H2,1-2H3;1-2H3;2*1H,(H2,2,3). The largest absolute Gasteiger partial charge is 0.481 e. The zero-order chi connectivity index (χ0) is 56.5. The van der Waals surface area contributed by atoms with Crippen LogP contribution in [0.25, 0.3) is 0 Å². The highest BCUT2D eigenvalue weighted by molar-refractivity contribution is 7.98. The molecule has 1 heterocycles. The molecule has 18 nitrogen and oxygen atoms in total. The van der Waals surface area contributed by atoms with Gasteiger partial charge in [0.1, 0.15) is 17.0 Å². The first-order valence-corrected chi connectivity index (χ1v) is 26.2. The van der Waals surface area contributed by atoms with Crippen LogP contribution in [0.1, 0.15) is 149 Å². The maximum Gasteiger partial charge on any atom is 0.303 e. The molecular weight excluding hydrogens is 941 g/mol. The minimum Gasteiger partial charge on any atom is -0.481 e. The molecule has 0 saturated carbocycles. The number of carboxylic acids is 1. The number of hydrogen-bond acceptors (Lipinski definition) is 13. The van der Waals surface area contributed by atoms with Crippen molar-refractivity contribution in [1.82, 2.24) is 30.4 Å². The lowest BCUT2D eigenvalue weighted by molar-refractivity contribution is -0.140. The van der Waals surface area contributed by atoms with Gasteiger partial charge < -0.3 is 51.3 Å². The molecule has 1 aromatic carbocycles. The fourth-order valence-electron chi connectivity index (χ4n) is 7.14. The van der Waals surface area contributed by atoms with Crippen molar-refractivity contribution in [3.05, 3.63) is 54.0 Å². The maximum atomic E-state index is 12.2. The van der Waals surface area contributed by atoms with Crippen LogP contribution in [0.5, 0.6) is 0 Å². The highest BCUT2D eigenvalue weighted by atomic mass is 32.2. The highest BCUT2D eigenvalue weighted by Gasteiger charge is 2.35. The summed E-state index contributed by atoms with van der Waals surface area (Å²) in [5.74, 6) is -0.518. The lowest BCUT2D eigenvalue weighted by Gasteiger charge is -2.39. The van der Waals surface area contributed by atoms with Gasteiger partial charge >= 0.3 is 5.97 Å². The van der Waals surface area contributed by atoms with Gasteiger partial charge in [0.2, 0.25) is 25.1 Å². The van der Waals surface area contributed by atoms with Gasteiger partial charge in [0.05, 0.1) is 31.0 Å². The Labute approximate surface area is 438 Å². The van der Waals surface area contributed by atoms with E-state index in [-0.39, 0.29) is 61.1 Å². The minimum absolute atomic E-state index is 0.0173. The summed E-state index contributed by atoms with van der Waals surface area (Å²) in [7, 11) is 9.28. The van der Waals surface area contributed by atoms with Crippen LogP contribution in [-0.2, 0) is 38.2 Å². The van der Waals surface area contributed by atoms with E-state index >= 15 is 0 Å². The summed E-state index contributed by atoms with van der Waals surface area (Å²) >= 11 is 1.47. The van der Waals surface area contributed by atoms with Crippen molar-refractivity contribution in [2.45, 2.75) is 169 Å². The Morgan fingerprint density at radius 2 is 1.43 bits per heavy atom. The van der Waals surface area contributed by atoms with Gasteiger partial charge in [0.15, 0.2) is 0 Å². The lowest BCUT2D eigenvalue weighted by Crippen LogP contribution is -2.47. The summed E-state index contributed by atoms with van der Waals surface area (Å²) < 4.78 is 11.7. The fourth-order valence-corrected chi connectivity index (χ4v) is 7.45. The van der Waals surface area contributed by atoms with E-state index in [2.05, 4.69) is 97.8 Å². The molecule has 0 fully saturated rings. The van der Waals surface area contributed by atoms with E-state index in [0.717, 1.165) is 56.3 Å². The minimum atomic E-state index is -0.815.